The second kappa shape index (κ2) is 11.0. The van der Waals surface area contributed by atoms with E-state index >= 15 is 0 Å². The van der Waals surface area contributed by atoms with Crippen molar-refractivity contribution in [2.24, 2.45) is 0 Å². The zero-order chi connectivity index (χ0) is 22.2. The van der Waals surface area contributed by atoms with Crippen molar-refractivity contribution >= 4 is 11.6 Å². The Morgan fingerprint density at radius 2 is 1.55 bits per heavy atom. The van der Waals surface area contributed by atoms with Gasteiger partial charge in [0.05, 0.1) is 27.9 Å². The van der Waals surface area contributed by atoms with E-state index < -0.39 is 0 Å². The Morgan fingerprint density at radius 1 is 0.871 bits per heavy atom. The zero-order valence-electron chi connectivity index (χ0n) is 18.9. The van der Waals surface area contributed by atoms with Gasteiger partial charge in [-0.05, 0) is 24.1 Å². The van der Waals surface area contributed by atoms with Crippen LogP contribution in [0.4, 0.5) is 5.69 Å². The molecule has 0 radical (unpaired) electrons. The summed E-state index contributed by atoms with van der Waals surface area (Å²) in [4.78, 5) is 17.1. The Morgan fingerprint density at radius 3 is 2.19 bits per heavy atom. The van der Waals surface area contributed by atoms with Crippen molar-refractivity contribution in [3.63, 3.8) is 0 Å². The molecule has 1 amide bonds. The summed E-state index contributed by atoms with van der Waals surface area (Å²) in [6.07, 6.45) is 0.898. The molecule has 31 heavy (non-hydrogen) atoms. The molecule has 1 N–H and O–H groups in total. The molecule has 168 valence electrons. The lowest BCUT2D eigenvalue weighted by molar-refractivity contribution is -0.117. The van der Waals surface area contributed by atoms with Gasteiger partial charge in [-0.2, -0.15) is 0 Å². The molecular formula is C24H33N3O4. The maximum Gasteiger partial charge on any atom is 0.238 e. The number of hydrogen-bond donors (Lipinski definition) is 1. The smallest absolute Gasteiger partial charge is 0.238 e. The molecule has 7 nitrogen and oxygen atoms in total. The first-order valence-corrected chi connectivity index (χ1v) is 10.7. The highest BCUT2D eigenvalue weighted by atomic mass is 16.5. The highest BCUT2D eigenvalue weighted by Gasteiger charge is 2.22. The third kappa shape index (κ3) is 5.68. The molecule has 1 heterocycles. The molecule has 1 aliphatic rings. The van der Waals surface area contributed by atoms with Crippen LogP contribution in [0.3, 0.4) is 0 Å². The van der Waals surface area contributed by atoms with Gasteiger partial charge in [0.15, 0.2) is 11.5 Å². The molecule has 2 aromatic rings. The van der Waals surface area contributed by atoms with Crippen molar-refractivity contribution in [2.45, 2.75) is 19.9 Å². The molecule has 0 aliphatic carbocycles. The topological polar surface area (TPSA) is 63.3 Å². The van der Waals surface area contributed by atoms with Crippen LogP contribution in [-0.4, -0.2) is 69.8 Å². The van der Waals surface area contributed by atoms with Gasteiger partial charge in [-0.25, -0.2) is 0 Å². The number of anilines is 1. The van der Waals surface area contributed by atoms with Gasteiger partial charge >= 0.3 is 0 Å². The fourth-order valence-electron chi connectivity index (χ4n) is 3.98. The van der Waals surface area contributed by atoms with E-state index in [-0.39, 0.29) is 5.91 Å². The van der Waals surface area contributed by atoms with Gasteiger partial charge in [0.2, 0.25) is 11.7 Å². The molecule has 0 aromatic heterocycles. The van der Waals surface area contributed by atoms with Gasteiger partial charge in [0.25, 0.3) is 0 Å². The van der Waals surface area contributed by atoms with E-state index in [1.807, 2.05) is 30.3 Å². The number of hydrogen-bond acceptors (Lipinski definition) is 6. The first kappa shape index (κ1) is 22.9. The number of rotatable bonds is 9. The van der Waals surface area contributed by atoms with Gasteiger partial charge < -0.3 is 19.5 Å². The van der Waals surface area contributed by atoms with Crippen LogP contribution >= 0.6 is 0 Å². The van der Waals surface area contributed by atoms with Crippen molar-refractivity contribution in [1.82, 2.24) is 9.80 Å². The second-order valence-electron chi connectivity index (χ2n) is 7.60. The number of benzene rings is 2. The quantitative estimate of drug-likeness (QED) is 0.664. The van der Waals surface area contributed by atoms with Crippen LogP contribution in [0.15, 0.2) is 36.4 Å². The fraction of sp³-hybridized carbons (Fsp3) is 0.458. The molecular weight excluding hydrogens is 394 g/mol. The Hall–Kier alpha value is -2.77. The highest BCUT2D eigenvalue weighted by Crippen LogP contribution is 2.40. The van der Waals surface area contributed by atoms with E-state index in [9.17, 15) is 4.79 Å². The average molecular weight is 428 g/mol. The summed E-state index contributed by atoms with van der Waals surface area (Å²) in [7, 11) is 4.88. The summed E-state index contributed by atoms with van der Waals surface area (Å²) in [6.45, 7) is 6.72. The maximum absolute atomic E-state index is 12.5. The lowest BCUT2D eigenvalue weighted by atomic mass is 10.1. The standard InChI is InChI=1S/C24H33N3O4/c1-5-18-8-6-7-9-20(18)25-22(28)17-27-14-12-26(13-15-27)16-19-10-11-21(29-2)24(31-4)23(19)30-3/h6-11H,5,12-17H2,1-4H3,(H,25,28). The Balaban J connectivity index is 1.54. The van der Waals surface area contributed by atoms with Crippen molar-refractivity contribution in [2.75, 3.05) is 59.4 Å². The van der Waals surface area contributed by atoms with E-state index in [1.54, 1.807) is 21.3 Å². The number of amides is 1. The van der Waals surface area contributed by atoms with Crippen molar-refractivity contribution in [3.05, 3.63) is 47.5 Å². The number of ether oxygens (including phenoxy) is 3. The van der Waals surface area contributed by atoms with Crippen LogP contribution in [0.1, 0.15) is 18.1 Å². The van der Waals surface area contributed by atoms with Gasteiger partial charge in [-0.1, -0.05) is 31.2 Å². The van der Waals surface area contributed by atoms with Gasteiger partial charge in [-0.3, -0.25) is 14.6 Å². The summed E-state index contributed by atoms with van der Waals surface area (Å²) in [5.74, 6) is 2.02. The molecule has 3 rings (SSSR count). The lowest BCUT2D eigenvalue weighted by Crippen LogP contribution is -2.48. The summed E-state index contributed by atoms with van der Waals surface area (Å²) < 4.78 is 16.5. The first-order valence-electron chi connectivity index (χ1n) is 10.7. The monoisotopic (exact) mass is 427 g/mol. The normalized spacial score (nSPS) is 14.8. The van der Waals surface area contributed by atoms with E-state index in [1.165, 1.54) is 0 Å². The van der Waals surface area contributed by atoms with Gasteiger partial charge in [0, 0.05) is 44.0 Å². The number of piperazine rings is 1. The van der Waals surface area contributed by atoms with E-state index in [0.29, 0.717) is 23.8 Å². The number of aryl methyl sites for hydroxylation is 1. The van der Waals surface area contributed by atoms with Crippen LogP contribution in [0, 0.1) is 0 Å². The molecule has 7 heteroatoms. The molecule has 1 fully saturated rings. The predicted octanol–water partition coefficient (Wildman–Crippen LogP) is 3.03. The minimum atomic E-state index is 0.0379. The molecule has 0 spiro atoms. The minimum absolute atomic E-state index is 0.0379. The first-order chi connectivity index (χ1) is 15.1. The van der Waals surface area contributed by atoms with Crippen LogP contribution in [0.5, 0.6) is 17.2 Å². The van der Waals surface area contributed by atoms with Gasteiger partial charge in [-0.15, -0.1) is 0 Å². The van der Waals surface area contributed by atoms with Crippen LogP contribution in [-0.2, 0) is 17.8 Å². The lowest BCUT2D eigenvalue weighted by Gasteiger charge is -2.34. The van der Waals surface area contributed by atoms with Crippen LogP contribution in [0.25, 0.3) is 0 Å². The second-order valence-corrected chi connectivity index (χ2v) is 7.60. The number of methoxy groups -OCH3 is 3. The van der Waals surface area contributed by atoms with Crippen molar-refractivity contribution < 1.29 is 19.0 Å². The van der Waals surface area contributed by atoms with Crippen LogP contribution in [0.2, 0.25) is 0 Å². The van der Waals surface area contributed by atoms with Gasteiger partial charge in [0.1, 0.15) is 0 Å². The van der Waals surface area contributed by atoms with Crippen LogP contribution < -0.4 is 19.5 Å². The Kier molecular flexibility index (Phi) is 8.14. The molecule has 1 aliphatic heterocycles. The van der Waals surface area contributed by atoms with Crippen molar-refractivity contribution in [1.29, 1.82) is 0 Å². The third-order valence-corrected chi connectivity index (χ3v) is 5.68. The van der Waals surface area contributed by atoms with E-state index in [2.05, 4.69) is 28.1 Å². The molecule has 0 atom stereocenters. The van der Waals surface area contributed by atoms with Crippen molar-refractivity contribution in [3.8, 4) is 17.2 Å². The average Bonchev–Trinajstić information content (AvgIpc) is 2.80. The fourth-order valence-corrected chi connectivity index (χ4v) is 3.98. The number of nitrogens with zero attached hydrogens (tertiary/aromatic N) is 2. The van der Waals surface area contributed by atoms with E-state index in [4.69, 9.17) is 14.2 Å². The number of carbonyl (C=O) groups excluding carboxylic acids is 1. The Labute approximate surface area is 184 Å². The molecule has 0 bridgehead atoms. The number of para-hydroxylation sites is 1. The Bertz CT molecular complexity index is 879. The number of nitrogens with one attached hydrogen (secondary N) is 1. The molecule has 1 saturated heterocycles. The third-order valence-electron chi connectivity index (χ3n) is 5.68. The van der Waals surface area contributed by atoms with E-state index in [0.717, 1.165) is 56.0 Å². The summed E-state index contributed by atoms with van der Waals surface area (Å²) >= 11 is 0. The SMILES string of the molecule is CCc1ccccc1NC(=O)CN1CCN(Cc2ccc(OC)c(OC)c2OC)CC1. The predicted molar refractivity (Wildman–Crippen MR) is 122 cm³/mol. The number of carbonyl (C=O) groups is 1. The summed E-state index contributed by atoms with van der Waals surface area (Å²) in [6, 6.07) is 11.9. The largest absolute Gasteiger partial charge is 0.493 e. The highest BCUT2D eigenvalue weighted by molar-refractivity contribution is 5.93. The molecule has 0 unspecified atom stereocenters. The summed E-state index contributed by atoms with van der Waals surface area (Å²) in [5, 5.41) is 3.06. The minimum Gasteiger partial charge on any atom is -0.493 e. The maximum atomic E-state index is 12.5. The summed E-state index contributed by atoms with van der Waals surface area (Å²) in [5.41, 5.74) is 3.13. The molecule has 2 aromatic carbocycles. The zero-order valence-corrected chi connectivity index (χ0v) is 18.9. The molecule has 0 saturated carbocycles.